The van der Waals surface area contributed by atoms with Gasteiger partial charge >= 0.3 is 0 Å². The molecule has 4 rings (SSSR count). The molecule has 6 heteroatoms. The third-order valence-electron chi connectivity index (χ3n) is 5.60. The van der Waals surface area contributed by atoms with Gasteiger partial charge in [0.1, 0.15) is 17.9 Å². The number of benzene rings is 1. The quantitative estimate of drug-likeness (QED) is 0.856. The van der Waals surface area contributed by atoms with Gasteiger partial charge in [0.2, 0.25) is 17.7 Å². The number of likely N-dealkylation sites (tertiary alicyclic amines) is 1. The van der Waals surface area contributed by atoms with Crippen molar-refractivity contribution < 1.29 is 18.8 Å². The summed E-state index contributed by atoms with van der Waals surface area (Å²) in [5.74, 6) is -0.115. The van der Waals surface area contributed by atoms with Crippen LogP contribution in [-0.2, 0) is 14.4 Å². The molecule has 2 aliphatic rings. The van der Waals surface area contributed by atoms with E-state index in [1.165, 1.54) is 0 Å². The molecule has 1 aliphatic carbocycles. The lowest BCUT2D eigenvalue weighted by atomic mass is 9.84. The van der Waals surface area contributed by atoms with Crippen LogP contribution in [0, 0.1) is 5.41 Å². The number of rotatable bonds is 4. The van der Waals surface area contributed by atoms with Gasteiger partial charge in [-0.3, -0.25) is 19.3 Å². The Morgan fingerprint density at radius 3 is 2.73 bits per heavy atom. The molecule has 2 fully saturated rings. The smallest absolute Gasteiger partial charge is 0.240 e. The van der Waals surface area contributed by atoms with Crippen molar-refractivity contribution in [2.24, 2.45) is 5.41 Å². The summed E-state index contributed by atoms with van der Waals surface area (Å²) in [6.45, 7) is 1.60. The molecule has 1 N–H and O–H groups in total. The number of para-hydroxylation sites is 1. The van der Waals surface area contributed by atoms with Crippen molar-refractivity contribution in [1.82, 2.24) is 10.2 Å². The van der Waals surface area contributed by atoms with E-state index in [0.29, 0.717) is 5.76 Å². The highest BCUT2D eigenvalue weighted by Crippen LogP contribution is 2.46. The maximum atomic E-state index is 12.7. The molecule has 136 valence electrons. The van der Waals surface area contributed by atoms with Crippen LogP contribution in [0.4, 0.5) is 0 Å². The van der Waals surface area contributed by atoms with Gasteiger partial charge < -0.3 is 9.73 Å². The number of carbonyl (C=O) groups is 3. The average Bonchev–Trinajstić information content (AvgIpc) is 3.30. The Balaban J connectivity index is 1.42. The van der Waals surface area contributed by atoms with E-state index in [9.17, 15) is 14.4 Å². The zero-order valence-electron chi connectivity index (χ0n) is 14.8. The van der Waals surface area contributed by atoms with E-state index in [2.05, 4.69) is 5.32 Å². The van der Waals surface area contributed by atoms with E-state index in [0.717, 1.165) is 41.6 Å². The van der Waals surface area contributed by atoms with Gasteiger partial charge in [-0.25, -0.2) is 0 Å². The van der Waals surface area contributed by atoms with Crippen LogP contribution in [0.1, 0.15) is 50.8 Å². The number of nitrogens with one attached hydrogen (secondary N) is 1. The van der Waals surface area contributed by atoms with Crippen molar-refractivity contribution in [3.63, 3.8) is 0 Å². The van der Waals surface area contributed by atoms with Crippen LogP contribution in [0.15, 0.2) is 34.7 Å². The lowest BCUT2D eigenvalue weighted by Gasteiger charge is -2.21. The van der Waals surface area contributed by atoms with Crippen molar-refractivity contribution >= 4 is 28.7 Å². The largest absolute Gasteiger partial charge is 0.459 e. The molecule has 2 aromatic rings. The molecule has 1 aromatic heterocycles. The molecule has 1 saturated carbocycles. The summed E-state index contributed by atoms with van der Waals surface area (Å²) >= 11 is 0. The minimum absolute atomic E-state index is 0.174. The van der Waals surface area contributed by atoms with Crippen LogP contribution in [0.3, 0.4) is 0 Å². The molecule has 1 aliphatic heterocycles. The highest BCUT2D eigenvalue weighted by atomic mass is 16.3. The van der Waals surface area contributed by atoms with Gasteiger partial charge in [0.05, 0.1) is 11.5 Å². The Bertz CT molecular complexity index is 846. The summed E-state index contributed by atoms with van der Waals surface area (Å²) in [5, 5.41) is 3.79. The molecule has 6 nitrogen and oxygen atoms in total. The van der Waals surface area contributed by atoms with Gasteiger partial charge in [-0.2, -0.15) is 0 Å². The van der Waals surface area contributed by atoms with Crippen LogP contribution in [0.2, 0.25) is 0 Å². The minimum Gasteiger partial charge on any atom is -0.459 e. The van der Waals surface area contributed by atoms with Crippen LogP contribution >= 0.6 is 0 Å². The molecule has 0 radical (unpaired) electrons. The Hall–Kier alpha value is -2.63. The Morgan fingerprint density at radius 2 is 2.00 bits per heavy atom. The highest BCUT2D eigenvalue weighted by molar-refractivity contribution is 6.08. The summed E-state index contributed by atoms with van der Waals surface area (Å²) in [6.07, 6.45) is 3.71. The number of imide groups is 1. The monoisotopic (exact) mass is 354 g/mol. The summed E-state index contributed by atoms with van der Waals surface area (Å²) < 4.78 is 5.76. The SMILES string of the molecule is C[C@H](NC(=O)CN1C(=O)CC2(CCCC2)C1=O)c1cc2ccccc2o1. The molecule has 26 heavy (non-hydrogen) atoms. The lowest BCUT2D eigenvalue weighted by molar-refractivity contribution is -0.144. The molecule has 1 atom stereocenters. The number of nitrogens with zero attached hydrogens (tertiary/aromatic N) is 1. The van der Waals surface area contributed by atoms with Crippen molar-refractivity contribution in [3.8, 4) is 0 Å². The highest BCUT2D eigenvalue weighted by Gasteiger charge is 2.52. The average molecular weight is 354 g/mol. The van der Waals surface area contributed by atoms with Gasteiger partial charge in [-0.15, -0.1) is 0 Å². The molecule has 0 unspecified atom stereocenters. The molecular weight excluding hydrogens is 332 g/mol. The number of furan rings is 1. The second kappa shape index (κ2) is 6.27. The normalized spacial score (nSPS) is 20.3. The number of hydrogen-bond acceptors (Lipinski definition) is 4. The molecular formula is C20H22N2O4. The molecule has 1 spiro atoms. The van der Waals surface area contributed by atoms with E-state index in [1.807, 2.05) is 37.3 Å². The van der Waals surface area contributed by atoms with Gasteiger partial charge in [-0.05, 0) is 31.9 Å². The summed E-state index contributed by atoms with van der Waals surface area (Å²) in [5.41, 5.74) is 0.221. The lowest BCUT2D eigenvalue weighted by Crippen LogP contribution is -2.42. The molecule has 1 aromatic carbocycles. The first-order valence-corrected chi connectivity index (χ1v) is 9.11. The zero-order chi connectivity index (χ0) is 18.3. The predicted molar refractivity (Wildman–Crippen MR) is 95.0 cm³/mol. The van der Waals surface area contributed by atoms with Gasteiger partial charge in [0.15, 0.2) is 0 Å². The fraction of sp³-hybridized carbons (Fsp3) is 0.450. The van der Waals surface area contributed by atoms with Crippen LogP contribution in [-0.4, -0.2) is 29.2 Å². The Morgan fingerprint density at radius 1 is 1.27 bits per heavy atom. The topological polar surface area (TPSA) is 79.6 Å². The predicted octanol–water partition coefficient (Wildman–Crippen LogP) is 2.93. The van der Waals surface area contributed by atoms with E-state index in [1.54, 1.807) is 0 Å². The second-order valence-electron chi connectivity index (χ2n) is 7.43. The van der Waals surface area contributed by atoms with E-state index in [4.69, 9.17) is 4.42 Å². The van der Waals surface area contributed by atoms with Crippen molar-refractivity contribution in [2.75, 3.05) is 6.54 Å². The number of carbonyl (C=O) groups excluding carboxylic acids is 3. The second-order valence-corrected chi connectivity index (χ2v) is 7.43. The van der Waals surface area contributed by atoms with E-state index < -0.39 is 5.41 Å². The number of amides is 3. The first-order valence-electron chi connectivity index (χ1n) is 9.11. The number of hydrogen-bond donors (Lipinski definition) is 1. The van der Waals surface area contributed by atoms with Crippen LogP contribution in [0.5, 0.6) is 0 Å². The first-order chi connectivity index (χ1) is 12.5. The molecule has 2 heterocycles. The summed E-state index contributed by atoms with van der Waals surface area (Å²) in [6, 6.07) is 9.18. The third-order valence-corrected chi connectivity index (χ3v) is 5.60. The summed E-state index contributed by atoms with van der Waals surface area (Å²) in [4.78, 5) is 38.4. The minimum atomic E-state index is -0.540. The maximum absolute atomic E-state index is 12.7. The third kappa shape index (κ3) is 2.79. The maximum Gasteiger partial charge on any atom is 0.240 e. The molecule has 0 bridgehead atoms. The Kier molecular flexibility index (Phi) is 4.05. The van der Waals surface area contributed by atoms with Gasteiger partial charge in [0, 0.05) is 11.8 Å². The van der Waals surface area contributed by atoms with E-state index in [-0.39, 0.29) is 36.7 Å². The standard InChI is InChI=1S/C20H22N2O4/c1-13(16-10-14-6-2-3-7-15(14)26-16)21-17(23)12-22-18(24)11-20(19(22)25)8-4-5-9-20/h2-3,6-7,10,13H,4-5,8-9,11-12H2,1H3,(H,21,23)/t13-/m0/s1. The van der Waals surface area contributed by atoms with Gasteiger partial charge in [0.25, 0.3) is 0 Å². The zero-order valence-corrected chi connectivity index (χ0v) is 14.8. The van der Waals surface area contributed by atoms with Gasteiger partial charge in [-0.1, -0.05) is 31.0 Å². The van der Waals surface area contributed by atoms with Crippen molar-refractivity contribution in [3.05, 3.63) is 36.1 Å². The first kappa shape index (κ1) is 16.8. The van der Waals surface area contributed by atoms with E-state index >= 15 is 0 Å². The summed E-state index contributed by atoms with van der Waals surface area (Å²) in [7, 11) is 0. The van der Waals surface area contributed by atoms with Crippen LogP contribution in [0.25, 0.3) is 11.0 Å². The molecule has 1 saturated heterocycles. The number of fused-ring (bicyclic) bond motifs is 1. The van der Waals surface area contributed by atoms with Crippen LogP contribution < -0.4 is 5.32 Å². The van der Waals surface area contributed by atoms with Crippen molar-refractivity contribution in [2.45, 2.75) is 45.1 Å². The molecule has 3 amide bonds. The fourth-order valence-corrected chi connectivity index (χ4v) is 4.18. The Labute approximate surface area is 151 Å². The van der Waals surface area contributed by atoms with Crippen molar-refractivity contribution in [1.29, 1.82) is 0 Å². The fourth-order valence-electron chi connectivity index (χ4n) is 4.18.